The van der Waals surface area contributed by atoms with Gasteiger partial charge in [0.1, 0.15) is 6.10 Å². The van der Waals surface area contributed by atoms with Crippen LogP contribution in [0.15, 0.2) is 0 Å². The zero-order valence-corrected chi connectivity index (χ0v) is 8.79. The Kier molecular flexibility index (Phi) is 3.09. The molecule has 76 valence electrons. The predicted molar refractivity (Wildman–Crippen MR) is 49.7 cm³/mol. The largest absolute Gasteiger partial charge is 0.373 e. The van der Waals surface area contributed by atoms with E-state index in [-0.39, 0.29) is 23.6 Å². The Labute approximate surface area is 79.4 Å². The summed E-state index contributed by atoms with van der Waals surface area (Å²) in [6, 6.07) is 0. The quantitative estimate of drug-likeness (QED) is 0.656. The van der Waals surface area contributed by atoms with E-state index in [0.29, 0.717) is 13.0 Å². The molecule has 0 aromatic rings. The van der Waals surface area contributed by atoms with Crippen LogP contribution in [0.1, 0.15) is 34.1 Å². The van der Waals surface area contributed by atoms with Crippen molar-refractivity contribution in [2.24, 2.45) is 0 Å². The van der Waals surface area contributed by atoms with Crippen LogP contribution < -0.4 is 0 Å². The number of ether oxygens (including phenoxy) is 2. The van der Waals surface area contributed by atoms with Crippen molar-refractivity contribution >= 4 is 5.78 Å². The molecule has 3 nitrogen and oxygen atoms in total. The van der Waals surface area contributed by atoms with E-state index in [9.17, 15) is 4.79 Å². The highest BCUT2D eigenvalue weighted by Gasteiger charge is 2.31. The number of hydrogen-bond donors (Lipinski definition) is 0. The van der Waals surface area contributed by atoms with E-state index < -0.39 is 0 Å². The summed E-state index contributed by atoms with van der Waals surface area (Å²) in [6.45, 7) is 8.20. The second-order valence-electron chi connectivity index (χ2n) is 4.53. The van der Waals surface area contributed by atoms with Gasteiger partial charge in [-0.25, -0.2) is 0 Å². The lowest BCUT2D eigenvalue weighted by Crippen LogP contribution is -2.29. The molecule has 0 radical (unpaired) electrons. The van der Waals surface area contributed by atoms with Crippen molar-refractivity contribution in [3.63, 3.8) is 0 Å². The zero-order valence-electron chi connectivity index (χ0n) is 8.79. The van der Waals surface area contributed by atoms with Crippen LogP contribution in [0.2, 0.25) is 0 Å². The Morgan fingerprint density at radius 3 is 2.54 bits per heavy atom. The Hall–Kier alpha value is -0.410. The van der Waals surface area contributed by atoms with Crippen molar-refractivity contribution in [2.75, 3.05) is 6.61 Å². The van der Waals surface area contributed by atoms with Crippen LogP contribution in [0.4, 0.5) is 0 Å². The molecular weight excluding hydrogens is 168 g/mol. The maximum absolute atomic E-state index is 11.3. The summed E-state index contributed by atoms with van der Waals surface area (Å²) in [7, 11) is 0. The topological polar surface area (TPSA) is 35.5 Å². The van der Waals surface area contributed by atoms with E-state index in [1.54, 1.807) is 0 Å². The summed E-state index contributed by atoms with van der Waals surface area (Å²) >= 11 is 0. The third-order valence-corrected chi connectivity index (χ3v) is 1.91. The monoisotopic (exact) mass is 186 g/mol. The molecule has 1 aliphatic heterocycles. The molecule has 3 heteroatoms. The van der Waals surface area contributed by atoms with Gasteiger partial charge in [0.2, 0.25) is 0 Å². The minimum Gasteiger partial charge on any atom is -0.373 e. The molecule has 13 heavy (non-hydrogen) atoms. The molecule has 0 spiro atoms. The fourth-order valence-electron chi connectivity index (χ4n) is 1.28. The molecule has 1 heterocycles. The normalized spacial score (nSPS) is 29.7. The van der Waals surface area contributed by atoms with E-state index >= 15 is 0 Å². The second kappa shape index (κ2) is 3.76. The molecule has 0 amide bonds. The third kappa shape index (κ3) is 3.44. The van der Waals surface area contributed by atoms with Crippen molar-refractivity contribution in [1.82, 2.24) is 0 Å². The van der Waals surface area contributed by atoms with E-state index in [4.69, 9.17) is 9.47 Å². The molecule has 0 aromatic carbocycles. The van der Waals surface area contributed by atoms with Gasteiger partial charge in [-0.05, 0) is 27.7 Å². The van der Waals surface area contributed by atoms with Gasteiger partial charge in [0.05, 0.1) is 18.3 Å². The van der Waals surface area contributed by atoms with E-state index in [0.717, 1.165) is 0 Å². The minimum atomic E-state index is -0.339. The first kappa shape index (κ1) is 10.7. The number of ketones is 1. The number of carbonyl (C=O) groups is 1. The highest BCUT2D eigenvalue weighted by Crippen LogP contribution is 2.18. The average Bonchev–Trinajstić information content (AvgIpc) is 2.24. The van der Waals surface area contributed by atoms with E-state index in [2.05, 4.69) is 0 Å². The number of hydrogen-bond acceptors (Lipinski definition) is 3. The first-order chi connectivity index (χ1) is 5.88. The van der Waals surface area contributed by atoms with E-state index in [1.165, 1.54) is 0 Å². The number of Topliss-reactive ketones (excluding diaryl/α,β-unsaturated/α-hetero) is 1. The highest BCUT2D eigenvalue weighted by atomic mass is 16.6. The van der Waals surface area contributed by atoms with Crippen LogP contribution in [-0.2, 0) is 14.3 Å². The lowest BCUT2D eigenvalue weighted by Gasteiger charge is -2.21. The number of rotatable bonds is 2. The molecule has 1 fully saturated rings. The van der Waals surface area contributed by atoms with Crippen molar-refractivity contribution in [1.29, 1.82) is 0 Å². The highest BCUT2D eigenvalue weighted by molar-refractivity contribution is 5.85. The smallest absolute Gasteiger partial charge is 0.166 e. The average molecular weight is 186 g/mol. The third-order valence-electron chi connectivity index (χ3n) is 1.91. The van der Waals surface area contributed by atoms with Gasteiger partial charge >= 0.3 is 0 Å². The summed E-state index contributed by atoms with van der Waals surface area (Å²) < 4.78 is 10.9. The molecule has 0 aromatic heterocycles. The molecule has 0 bridgehead atoms. The van der Waals surface area contributed by atoms with Crippen molar-refractivity contribution in [3.8, 4) is 0 Å². The predicted octanol–water partition coefficient (Wildman–Crippen LogP) is 1.55. The van der Waals surface area contributed by atoms with Gasteiger partial charge in [-0.2, -0.15) is 0 Å². The van der Waals surface area contributed by atoms with Crippen LogP contribution in [-0.4, -0.2) is 30.2 Å². The molecular formula is C10H18O3. The zero-order chi connectivity index (χ0) is 10.1. The summed E-state index contributed by atoms with van der Waals surface area (Å²) in [5, 5.41) is 0. The maximum Gasteiger partial charge on any atom is 0.166 e. The van der Waals surface area contributed by atoms with Crippen LogP contribution >= 0.6 is 0 Å². The first-order valence-electron chi connectivity index (χ1n) is 4.70. The molecule has 1 rings (SSSR count). The molecule has 0 N–H and O–H groups in total. The molecule has 2 atom stereocenters. The second-order valence-corrected chi connectivity index (χ2v) is 4.53. The van der Waals surface area contributed by atoms with Crippen LogP contribution in [0.3, 0.4) is 0 Å². The number of carbonyl (C=O) groups excluding carboxylic acids is 1. The molecule has 0 aliphatic carbocycles. The summed E-state index contributed by atoms with van der Waals surface area (Å²) in [5.74, 6) is 0.164. The van der Waals surface area contributed by atoms with Crippen LogP contribution in [0, 0.1) is 0 Å². The molecule has 0 saturated carbocycles. The minimum absolute atomic E-state index is 0.0565. The van der Waals surface area contributed by atoms with Gasteiger partial charge in [-0.3, -0.25) is 4.79 Å². The van der Waals surface area contributed by atoms with Crippen molar-refractivity contribution in [3.05, 3.63) is 0 Å². The van der Waals surface area contributed by atoms with Crippen LogP contribution in [0.25, 0.3) is 0 Å². The molecule has 1 aliphatic rings. The van der Waals surface area contributed by atoms with Crippen LogP contribution in [0.5, 0.6) is 0 Å². The van der Waals surface area contributed by atoms with Gasteiger partial charge in [0.25, 0.3) is 0 Å². The lowest BCUT2D eigenvalue weighted by atomic mass is 10.1. The molecule has 1 saturated heterocycles. The van der Waals surface area contributed by atoms with Gasteiger partial charge in [0, 0.05) is 6.42 Å². The maximum atomic E-state index is 11.3. The van der Waals surface area contributed by atoms with E-state index in [1.807, 2.05) is 27.7 Å². The van der Waals surface area contributed by atoms with Crippen molar-refractivity contribution in [2.45, 2.75) is 51.9 Å². The Bertz CT molecular complexity index is 193. The first-order valence-corrected chi connectivity index (χ1v) is 4.70. The Morgan fingerprint density at radius 1 is 1.54 bits per heavy atom. The lowest BCUT2D eigenvalue weighted by molar-refractivity contribution is -0.129. The fourth-order valence-corrected chi connectivity index (χ4v) is 1.28. The molecule has 2 unspecified atom stereocenters. The SMILES string of the molecule is CC1CC(=O)C(COC(C)(C)C)O1. The Balaban J connectivity index is 2.34. The summed E-state index contributed by atoms with van der Waals surface area (Å²) in [4.78, 5) is 11.3. The fraction of sp³-hybridized carbons (Fsp3) is 0.900. The summed E-state index contributed by atoms with van der Waals surface area (Å²) in [6.07, 6.45) is 0.244. The van der Waals surface area contributed by atoms with Gasteiger partial charge in [0.15, 0.2) is 5.78 Å². The summed E-state index contributed by atoms with van der Waals surface area (Å²) in [5.41, 5.74) is -0.199. The van der Waals surface area contributed by atoms with Gasteiger partial charge < -0.3 is 9.47 Å². The Morgan fingerprint density at radius 2 is 2.15 bits per heavy atom. The van der Waals surface area contributed by atoms with Crippen molar-refractivity contribution < 1.29 is 14.3 Å². The van der Waals surface area contributed by atoms with Gasteiger partial charge in [-0.15, -0.1) is 0 Å². The standard InChI is InChI=1S/C10H18O3/c1-7-5-8(11)9(13-7)6-12-10(2,3)4/h7,9H,5-6H2,1-4H3. The van der Waals surface area contributed by atoms with Gasteiger partial charge in [-0.1, -0.05) is 0 Å².